The molecule has 5 nitrogen and oxygen atoms in total. The second-order valence-corrected chi connectivity index (χ2v) is 8.20. The third kappa shape index (κ3) is 5.54. The molecule has 2 heterocycles. The number of thioether (sulfide) groups is 1. The van der Waals surface area contributed by atoms with E-state index in [2.05, 4.69) is 45.7 Å². The van der Waals surface area contributed by atoms with Crippen LogP contribution in [0.5, 0.6) is 0 Å². The van der Waals surface area contributed by atoms with Crippen LogP contribution in [-0.2, 0) is 4.74 Å². The zero-order valence-corrected chi connectivity index (χ0v) is 16.1. The molecule has 2 unspecified atom stereocenters. The Morgan fingerprint density at radius 3 is 2.91 bits per heavy atom. The van der Waals surface area contributed by atoms with Crippen molar-refractivity contribution in [2.24, 2.45) is 10.9 Å². The zero-order chi connectivity index (χ0) is 16.7. The Kier molecular flexibility index (Phi) is 7.99. The first-order valence-electron chi connectivity index (χ1n) is 8.96. The molecule has 0 aromatic carbocycles. The largest absolute Gasteiger partial charge is 0.383 e. The summed E-state index contributed by atoms with van der Waals surface area (Å²) in [7, 11) is 3.69. The van der Waals surface area contributed by atoms with E-state index in [1.54, 1.807) is 7.11 Å². The van der Waals surface area contributed by atoms with E-state index in [1.807, 2.05) is 7.05 Å². The molecule has 2 rings (SSSR count). The van der Waals surface area contributed by atoms with Gasteiger partial charge in [0, 0.05) is 57.4 Å². The van der Waals surface area contributed by atoms with Crippen molar-refractivity contribution in [3.05, 3.63) is 0 Å². The summed E-state index contributed by atoms with van der Waals surface area (Å²) in [5.74, 6) is 3.00. The molecule has 23 heavy (non-hydrogen) atoms. The minimum absolute atomic E-state index is 0.613. The second kappa shape index (κ2) is 9.74. The minimum Gasteiger partial charge on any atom is -0.383 e. The number of ether oxygens (including phenoxy) is 1. The number of methoxy groups -OCH3 is 1. The molecule has 2 aliphatic rings. The quantitative estimate of drug-likeness (QED) is 0.588. The summed E-state index contributed by atoms with van der Waals surface area (Å²) in [5.41, 5.74) is 0. The average Bonchev–Trinajstić information content (AvgIpc) is 3.01. The fourth-order valence-corrected chi connectivity index (χ4v) is 4.74. The highest BCUT2D eigenvalue weighted by Crippen LogP contribution is 2.25. The van der Waals surface area contributed by atoms with E-state index < -0.39 is 0 Å². The molecule has 0 aromatic rings. The van der Waals surface area contributed by atoms with Crippen molar-refractivity contribution in [1.29, 1.82) is 0 Å². The van der Waals surface area contributed by atoms with E-state index in [1.165, 1.54) is 25.1 Å². The lowest BCUT2D eigenvalue weighted by Gasteiger charge is -2.37. The monoisotopic (exact) mass is 342 g/mol. The SMILES string of the molecule is CN=C(NCC1CCCN1CCOC)N1CCSC(C(C)C)C1. The lowest BCUT2D eigenvalue weighted by Crippen LogP contribution is -2.51. The van der Waals surface area contributed by atoms with Gasteiger partial charge in [-0.3, -0.25) is 9.89 Å². The molecule has 2 aliphatic heterocycles. The molecule has 0 radical (unpaired) electrons. The number of hydrogen-bond acceptors (Lipinski definition) is 4. The van der Waals surface area contributed by atoms with Crippen LogP contribution in [0.2, 0.25) is 0 Å². The van der Waals surface area contributed by atoms with Gasteiger partial charge in [0.05, 0.1) is 6.61 Å². The molecule has 134 valence electrons. The number of nitrogens with zero attached hydrogens (tertiary/aromatic N) is 3. The molecule has 1 N–H and O–H groups in total. The molecule has 0 bridgehead atoms. The minimum atomic E-state index is 0.613. The molecule has 6 heteroatoms. The van der Waals surface area contributed by atoms with E-state index in [-0.39, 0.29) is 0 Å². The van der Waals surface area contributed by atoms with E-state index in [9.17, 15) is 0 Å². The number of likely N-dealkylation sites (tertiary alicyclic amines) is 1. The third-order valence-electron chi connectivity index (χ3n) is 4.93. The van der Waals surface area contributed by atoms with Crippen LogP contribution in [0, 0.1) is 5.92 Å². The summed E-state index contributed by atoms with van der Waals surface area (Å²) >= 11 is 2.11. The smallest absolute Gasteiger partial charge is 0.193 e. The highest BCUT2D eigenvalue weighted by molar-refractivity contribution is 8.00. The van der Waals surface area contributed by atoms with Crippen LogP contribution in [0.1, 0.15) is 26.7 Å². The van der Waals surface area contributed by atoms with Gasteiger partial charge in [-0.15, -0.1) is 0 Å². The molecule has 0 saturated carbocycles. The summed E-state index contributed by atoms with van der Waals surface area (Å²) in [6, 6.07) is 0.613. The second-order valence-electron chi connectivity index (χ2n) is 6.85. The predicted molar refractivity (Wildman–Crippen MR) is 100 cm³/mol. The van der Waals surface area contributed by atoms with Gasteiger partial charge in [-0.25, -0.2) is 0 Å². The van der Waals surface area contributed by atoms with Crippen molar-refractivity contribution in [3.63, 3.8) is 0 Å². The molecule has 2 atom stereocenters. The van der Waals surface area contributed by atoms with Gasteiger partial charge in [0.15, 0.2) is 5.96 Å². The lowest BCUT2D eigenvalue weighted by molar-refractivity contribution is 0.141. The van der Waals surface area contributed by atoms with Gasteiger partial charge in [-0.2, -0.15) is 11.8 Å². The van der Waals surface area contributed by atoms with E-state index >= 15 is 0 Å². The highest BCUT2D eigenvalue weighted by atomic mass is 32.2. The van der Waals surface area contributed by atoms with Crippen LogP contribution in [0.3, 0.4) is 0 Å². The number of guanidine groups is 1. The Balaban J connectivity index is 1.82. The zero-order valence-electron chi connectivity index (χ0n) is 15.3. The van der Waals surface area contributed by atoms with Crippen LogP contribution < -0.4 is 5.32 Å². The molecule has 0 aliphatic carbocycles. The van der Waals surface area contributed by atoms with Crippen molar-refractivity contribution in [1.82, 2.24) is 15.1 Å². The predicted octanol–water partition coefficient (Wildman–Crippen LogP) is 1.75. The Labute approximate surface area is 146 Å². The third-order valence-corrected chi connectivity index (χ3v) is 6.47. The summed E-state index contributed by atoms with van der Waals surface area (Å²) < 4.78 is 5.23. The Morgan fingerprint density at radius 2 is 2.22 bits per heavy atom. The van der Waals surface area contributed by atoms with Crippen molar-refractivity contribution in [3.8, 4) is 0 Å². The molecule has 0 aromatic heterocycles. The maximum atomic E-state index is 5.23. The standard InChI is InChI=1S/C17H34N4OS/c1-14(2)16-13-21(9-11-23-16)17(18-3)19-12-15-6-5-7-20(15)8-10-22-4/h14-16H,5-13H2,1-4H3,(H,18,19). The van der Waals surface area contributed by atoms with Crippen LogP contribution in [0.15, 0.2) is 4.99 Å². The number of rotatable bonds is 6. The van der Waals surface area contributed by atoms with Gasteiger partial charge >= 0.3 is 0 Å². The van der Waals surface area contributed by atoms with Crippen LogP contribution in [0.4, 0.5) is 0 Å². The first-order chi connectivity index (χ1) is 11.2. The van der Waals surface area contributed by atoms with Crippen LogP contribution in [-0.4, -0.2) is 86.3 Å². The van der Waals surface area contributed by atoms with Crippen molar-refractivity contribution >= 4 is 17.7 Å². The molecular weight excluding hydrogens is 308 g/mol. The Morgan fingerprint density at radius 1 is 1.39 bits per heavy atom. The van der Waals surface area contributed by atoms with Gasteiger partial charge < -0.3 is 15.0 Å². The number of hydrogen-bond donors (Lipinski definition) is 1. The molecule has 2 fully saturated rings. The average molecular weight is 343 g/mol. The van der Waals surface area contributed by atoms with Gasteiger partial charge in [0.25, 0.3) is 0 Å². The van der Waals surface area contributed by atoms with Crippen molar-refractivity contribution in [2.75, 3.05) is 59.2 Å². The van der Waals surface area contributed by atoms with E-state index in [0.29, 0.717) is 11.3 Å². The van der Waals surface area contributed by atoms with Crippen LogP contribution >= 0.6 is 11.8 Å². The summed E-state index contributed by atoms with van der Waals surface area (Å²) in [4.78, 5) is 9.52. The van der Waals surface area contributed by atoms with Gasteiger partial charge in [0.1, 0.15) is 0 Å². The first kappa shape index (κ1) is 18.9. The Hall–Kier alpha value is -0.460. The summed E-state index contributed by atoms with van der Waals surface area (Å²) in [5, 5.41) is 4.35. The number of aliphatic imine (C=N–C) groups is 1. The van der Waals surface area contributed by atoms with Crippen molar-refractivity contribution < 1.29 is 4.74 Å². The Bertz CT molecular complexity index is 378. The van der Waals surface area contributed by atoms with Gasteiger partial charge in [-0.1, -0.05) is 13.8 Å². The normalized spacial score (nSPS) is 27.0. The van der Waals surface area contributed by atoms with Gasteiger partial charge in [-0.05, 0) is 25.3 Å². The molecule has 0 amide bonds. The number of nitrogens with one attached hydrogen (secondary N) is 1. The molecule has 0 spiro atoms. The van der Waals surface area contributed by atoms with E-state index in [4.69, 9.17) is 4.74 Å². The lowest BCUT2D eigenvalue weighted by atomic mass is 10.1. The summed E-state index contributed by atoms with van der Waals surface area (Å²) in [6.07, 6.45) is 2.57. The summed E-state index contributed by atoms with van der Waals surface area (Å²) in [6.45, 7) is 10.9. The highest BCUT2D eigenvalue weighted by Gasteiger charge is 2.27. The first-order valence-corrected chi connectivity index (χ1v) is 10.0. The molecule has 2 saturated heterocycles. The topological polar surface area (TPSA) is 40.1 Å². The molecular formula is C17H34N4OS. The van der Waals surface area contributed by atoms with Gasteiger partial charge in [0.2, 0.25) is 0 Å². The maximum absolute atomic E-state index is 5.23. The fraction of sp³-hybridized carbons (Fsp3) is 0.941. The fourth-order valence-electron chi connectivity index (χ4n) is 3.44. The van der Waals surface area contributed by atoms with Crippen LogP contribution in [0.25, 0.3) is 0 Å². The van der Waals surface area contributed by atoms with E-state index in [0.717, 1.165) is 44.7 Å². The van der Waals surface area contributed by atoms with Crippen molar-refractivity contribution in [2.45, 2.75) is 38.0 Å². The maximum Gasteiger partial charge on any atom is 0.193 e.